The van der Waals surface area contributed by atoms with Gasteiger partial charge in [-0.15, -0.1) is 0 Å². The van der Waals surface area contributed by atoms with Crippen molar-refractivity contribution in [2.45, 2.75) is 32.0 Å². The number of likely N-dealkylation sites (tertiary alicyclic amines) is 1. The average molecular weight is 364 g/mol. The molecule has 0 radical (unpaired) electrons. The van der Waals surface area contributed by atoms with E-state index in [1.54, 1.807) is 0 Å². The molecule has 3 unspecified atom stereocenters. The highest BCUT2D eigenvalue weighted by atomic mass is 16.2. The monoisotopic (exact) mass is 363 g/mol. The van der Waals surface area contributed by atoms with Crippen LogP contribution in [0.15, 0.2) is 60.7 Å². The molecule has 2 aromatic rings. The Labute approximate surface area is 162 Å². The van der Waals surface area contributed by atoms with Crippen molar-refractivity contribution < 1.29 is 4.79 Å². The predicted molar refractivity (Wildman–Crippen MR) is 108 cm³/mol. The van der Waals surface area contributed by atoms with Crippen LogP contribution in [-0.2, 0) is 17.9 Å². The molecule has 2 aliphatic rings. The second-order valence-electron chi connectivity index (χ2n) is 8.08. The minimum atomic E-state index is 0.239. The Balaban J connectivity index is 1.43. The fourth-order valence-electron chi connectivity index (χ4n) is 4.65. The smallest absolute Gasteiger partial charge is 0.236 e. The largest absolute Gasteiger partial charge is 0.341 e. The zero-order chi connectivity index (χ0) is 18.6. The van der Waals surface area contributed by atoms with E-state index in [-0.39, 0.29) is 11.9 Å². The SMILES string of the molecule is NC1CCC2CN(C(=O)CN(Cc3ccccc3)Cc3ccccc3)CC12. The molecule has 0 spiro atoms. The van der Waals surface area contributed by atoms with Crippen LogP contribution in [0.25, 0.3) is 0 Å². The highest BCUT2D eigenvalue weighted by Crippen LogP contribution is 2.37. The summed E-state index contributed by atoms with van der Waals surface area (Å²) < 4.78 is 0. The Morgan fingerprint density at radius 3 is 2.07 bits per heavy atom. The molecule has 1 heterocycles. The molecule has 27 heavy (non-hydrogen) atoms. The lowest BCUT2D eigenvalue weighted by Gasteiger charge is -2.26. The standard InChI is InChI=1S/C23H29N3O/c24-22-12-11-20-15-26(16-21(20)22)23(27)17-25(13-18-7-3-1-4-8-18)14-19-9-5-2-6-10-19/h1-10,20-22H,11-17,24H2. The van der Waals surface area contributed by atoms with E-state index in [2.05, 4.69) is 58.3 Å². The third kappa shape index (κ3) is 4.40. The predicted octanol–water partition coefficient (Wildman–Crippen LogP) is 2.88. The molecule has 1 aliphatic carbocycles. The third-order valence-corrected chi connectivity index (χ3v) is 6.12. The second-order valence-corrected chi connectivity index (χ2v) is 8.08. The lowest BCUT2D eigenvalue weighted by Crippen LogP contribution is -2.40. The zero-order valence-corrected chi connectivity index (χ0v) is 15.8. The minimum absolute atomic E-state index is 0.239. The molecule has 4 heteroatoms. The maximum atomic E-state index is 13.0. The van der Waals surface area contributed by atoms with Gasteiger partial charge in [-0.05, 0) is 35.8 Å². The minimum Gasteiger partial charge on any atom is -0.341 e. The van der Waals surface area contributed by atoms with Gasteiger partial charge in [0.1, 0.15) is 0 Å². The summed E-state index contributed by atoms with van der Waals surface area (Å²) in [5.41, 5.74) is 8.71. The van der Waals surface area contributed by atoms with Crippen LogP contribution in [0.5, 0.6) is 0 Å². The summed E-state index contributed by atoms with van der Waals surface area (Å²) in [7, 11) is 0. The first-order chi connectivity index (χ1) is 13.2. The van der Waals surface area contributed by atoms with Gasteiger partial charge in [0.05, 0.1) is 6.54 Å². The molecule has 1 saturated heterocycles. The van der Waals surface area contributed by atoms with Crippen LogP contribution in [0.3, 0.4) is 0 Å². The quantitative estimate of drug-likeness (QED) is 0.859. The first-order valence-corrected chi connectivity index (χ1v) is 10.0. The lowest BCUT2D eigenvalue weighted by atomic mass is 9.98. The van der Waals surface area contributed by atoms with Gasteiger partial charge in [-0.3, -0.25) is 9.69 Å². The summed E-state index contributed by atoms with van der Waals surface area (Å²) in [5.74, 6) is 1.36. The zero-order valence-electron chi connectivity index (χ0n) is 15.8. The first kappa shape index (κ1) is 18.2. The highest BCUT2D eigenvalue weighted by Gasteiger charge is 2.42. The normalized spacial score (nSPS) is 24.4. The molecule has 1 amide bonds. The summed E-state index contributed by atoms with van der Waals surface area (Å²) >= 11 is 0. The van der Waals surface area contributed by atoms with E-state index in [0.717, 1.165) is 32.6 Å². The molecule has 2 N–H and O–H groups in total. The number of hydrogen-bond acceptors (Lipinski definition) is 3. The molecule has 4 rings (SSSR count). The number of hydrogen-bond donors (Lipinski definition) is 1. The highest BCUT2D eigenvalue weighted by molar-refractivity contribution is 5.78. The van der Waals surface area contributed by atoms with Crippen LogP contribution in [0.4, 0.5) is 0 Å². The van der Waals surface area contributed by atoms with E-state index in [0.29, 0.717) is 18.4 Å². The van der Waals surface area contributed by atoms with Crippen LogP contribution in [0.1, 0.15) is 24.0 Å². The van der Waals surface area contributed by atoms with Crippen molar-refractivity contribution >= 4 is 5.91 Å². The van der Waals surface area contributed by atoms with E-state index in [9.17, 15) is 4.79 Å². The number of carbonyl (C=O) groups is 1. The van der Waals surface area contributed by atoms with Crippen molar-refractivity contribution in [1.82, 2.24) is 9.80 Å². The molecule has 0 aromatic heterocycles. The van der Waals surface area contributed by atoms with Crippen LogP contribution in [0.2, 0.25) is 0 Å². The Kier molecular flexibility index (Phi) is 5.55. The number of benzene rings is 2. The number of nitrogens with zero attached hydrogens (tertiary/aromatic N) is 2. The van der Waals surface area contributed by atoms with E-state index >= 15 is 0 Å². The Morgan fingerprint density at radius 2 is 1.52 bits per heavy atom. The van der Waals surface area contributed by atoms with E-state index in [4.69, 9.17) is 5.73 Å². The number of nitrogens with two attached hydrogens (primary N) is 1. The number of carbonyl (C=O) groups excluding carboxylic acids is 1. The summed E-state index contributed by atoms with van der Waals surface area (Å²) in [6.07, 6.45) is 2.29. The molecule has 4 nitrogen and oxygen atoms in total. The lowest BCUT2D eigenvalue weighted by molar-refractivity contribution is -0.132. The second kappa shape index (κ2) is 8.24. The van der Waals surface area contributed by atoms with E-state index in [1.807, 2.05) is 12.1 Å². The maximum absolute atomic E-state index is 13.0. The van der Waals surface area contributed by atoms with Crippen molar-refractivity contribution in [3.05, 3.63) is 71.8 Å². The number of rotatable bonds is 6. The van der Waals surface area contributed by atoms with Crippen molar-refractivity contribution in [1.29, 1.82) is 0 Å². The molecule has 1 saturated carbocycles. The van der Waals surface area contributed by atoms with Gasteiger partial charge in [0.2, 0.25) is 5.91 Å². The molecule has 3 atom stereocenters. The van der Waals surface area contributed by atoms with Gasteiger partial charge in [-0.1, -0.05) is 60.7 Å². The summed E-state index contributed by atoms with van der Waals surface area (Å²) in [6.45, 7) is 3.75. The summed E-state index contributed by atoms with van der Waals surface area (Å²) in [4.78, 5) is 17.3. The van der Waals surface area contributed by atoms with Gasteiger partial charge in [0, 0.05) is 32.2 Å². The van der Waals surface area contributed by atoms with Crippen molar-refractivity contribution in [3.8, 4) is 0 Å². The molecule has 142 valence electrons. The first-order valence-electron chi connectivity index (χ1n) is 10.0. The molecular weight excluding hydrogens is 334 g/mol. The van der Waals surface area contributed by atoms with E-state index < -0.39 is 0 Å². The van der Waals surface area contributed by atoms with Crippen molar-refractivity contribution in [2.24, 2.45) is 17.6 Å². The fourth-order valence-corrected chi connectivity index (χ4v) is 4.65. The van der Waals surface area contributed by atoms with Gasteiger partial charge in [0.15, 0.2) is 0 Å². The van der Waals surface area contributed by atoms with Crippen LogP contribution >= 0.6 is 0 Å². The van der Waals surface area contributed by atoms with Crippen LogP contribution in [-0.4, -0.2) is 41.4 Å². The molecule has 1 aliphatic heterocycles. The molecular formula is C23H29N3O. The maximum Gasteiger partial charge on any atom is 0.236 e. The van der Waals surface area contributed by atoms with Gasteiger partial charge < -0.3 is 10.6 Å². The average Bonchev–Trinajstić information content (AvgIpc) is 3.26. The molecule has 2 fully saturated rings. The van der Waals surface area contributed by atoms with Gasteiger partial charge in [0.25, 0.3) is 0 Å². The van der Waals surface area contributed by atoms with Crippen molar-refractivity contribution in [3.63, 3.8) is 0 Å². The van der Waals surface area contributed by atoms with Crippen LogP contribution < -0.4 is 5.73 Å². The van der Waals surface area contributed by atoms with Gasteiger partial charge in [-0.2, -0.15) is 0 Å². The Bertz CT molecular complexity index is 707. The number of fused-ring (bicyclic) bond motifs is 1. The number of amides is 1. The fraction of sp³-hybridized carbons (Fsp3) is 0.435. The van der Waals surface area contributed by atoms with Crippen LogP contribution in [0, 0.1) is 11.8 Å². The van der Waals surface area contributed by atoms with Gasteiger partial charge in [-0.25, -0.2) is 0 Å². The Hall–Kier alpha value is -2.17. The van der Waals surface area contributed by atoms with Crippen molar-refractivity contribution in [2.75, 3.05) is 19.6 Å². The van der Waals surface area contributed by atoms with Gasteiger partial charge >= 0.3 is 0 Å². The Morgan fingerprint density at radius 1 is 0.926 bits per heavy atom. The van der Waals surface area contributed by atoms with E-state index in [1.165, 1.54) is 17.5 Å². The third-order valence-electron chi connectivity index (χ3n) is 6.12. The molecule has 0 bridgehead atoms. The molecule has 2 aromatic carbocycles. The topological polar surface area (TPSA) is 49.6 Å². The summed E-state index contributed by atoms with van der Waals surface area (Å²) in [6, 6.07) is 21.1. The summed E-state index contributed by atoms with van der Waals surface area (Å²) in [5, 5.41) is 0.